The molecule has 1 heterocycles. The van der Waals surface area contributed by atoms with E-state index in [9.17, 15) is 19.2 Å². The highest BCUT2D eigenvalue weighted by atomic mass is 16.5. The minimum Gasteiger partial charge on any atom is -0.456 e. The zero-order valence-electron chi connectivity index (χ0n) is 21.2. The molecule has 0 aromatic rings. The van der Waals surface area contributed by atoms with E-state index in [1.807, 2.05) is 53.7 Å². The Morgan fingerprint density at radius 3 is 2.33 bits per heavy atom. The molecule has 1 aliphatic rings. The number of hydrogen-bond donors (Lipinski definition) is 2. The highest BCUT2D eigenvalue weighted by molar-refractivity contribution is 5.93. The van der Waals surface area contributed by atoms with Crippen LogP contribution in [0.1, 0.15) is 54.9 Å². The quantitative estimate of drug-likeness (QED) is 0.382. The third-order valence-corrected chi connectivity index (χ3v) is 5.92. The van der Waals surface area contributed by atoms with Gasteiger partial charge in [-0.15, -0.1) is 0 Å². The molecule has 0 radical (unpaired) electrons. The van der Waals surface area contributed by atoms with Gasteiger partial charge in [-0.1, -0.05) is 50.6 Å². The van der Waals surface area contributed by atoms with E-state index in [0.717, 1.165) is 11.1 Å². The number of likely N-dealkylation sites (N-methyl/N-ethyl adjacent to an activating group) is 1. The van der Waals surface area contributed by atoms with Gasteiger partial charge in [0, 0.05) is 19.4 Å². The van der Waals surface area contributed by atoms with Gasteiger partial charge in [-0.05, 0) is 39.2 Å². The van der Waals surface area contributed by atoms with Crippen molar-refractivity contribution >= 4 is 23.7 Å². The van der Waals surface area contributed by atoms with E-state index >= 15 is 0 Å². The molecule has 0 spiro atoms. The predicted octanol–water partition coefficient (Wildman–Crippen LogP) is 2.51. The highest BCUT2D eigenvalue weighted by Gasteiger charge is 2.34. The summed E-state index contributed by atoms with van der Waals surface area (Å²) in [7, 11) is 1.51. The molecule has 4 atom stereocenters. The van der Waals surface area contributed by atoms with E-state index in [0.29, 0.717) is 5.57 Å². The van der Waals surface area contributed by atoms with Gasteiger partial charge in [0.1, 0.15) is 24.7 Å². The van der Waals surface area contributed by atoms with E-state index in [2.05, 4.69) is 17.2 Å². The fourth-order valence-corrected chi connectivity index (χ4v) is 3.86. The van der Waals surface area contributed by atoms with Crippen LogP contribution in [0.2, 0.25) is 0 Å². The van der Waals surface area contributed by atoms with Gasteiger partial charge in [0.25, 0.3) is 0 Å². The van der Waals surface area contributed by atoms with Crippen LogP contribution < -0.4 is 10.6 Å². The second-order valence-electron chi connectivity index (χ2n) is 9.10. The first-order valence-corrected chi connectivity index (χ1v) is 11.3. The van der Waals surface area contributed by atoms with E-state index in [1.165, 1.54) is 11.9 Å². The molecule has 184 valence electrons. The fraction of sp³-hybridized carbons (Fsp3) is 0.600. The van der Waals surface area contributed by atoms with Crippen molar-refractivity contribution in [3.8, 4) is 0 Å². The number of cyclic esters (lactones) is 1. The first-order valence-electron chi connectivity index (χ1n) is 11.3. The van der Waals surface area contributed by atoms with Crippen LogP contribution in [0.15, 0.2) is 35.5 Å². The van der Waals surface area contributed by atoms with Gasteiger partial charge in [-0.25, -0.2) is 0 Å². The monoisotopic (exact) mass is 461 g/mol. The van der Waals surface area contributed by atoms with Crippen molar-refractivity contribution in [3.63, 3.8) is 0 Å². The third-order valence-electron chi connectivity index (χ3n) is 5.92. The van der Waals surface area contributed by atoms with Crippen molar-refractivity contribution in [2.75, 3.05) is 13.6 Å². The molecule has 1 rings (SSSR count). The highest BCUT2D eigenvalue weighted by Crippen LogP contribution is 2.26. The van der Waals surface area contributed by atoms with Gasteiger partial charge in [-0.2, -0.15) is 0 Å². The molecule has 0 bridgehead atoms. The number of hydrogen-bond acceptors (Lipinski definition) is 5. The zero-order valence-corrected chi connectivity index (χ0v) is 21.2. The van der Waals surface area contributed by atoms with Gasteiger partial charge in [0.15, 0.2) is 0 Å². The van der Waals surface area contributed by atoms with E-state index < -0.39 is 36.0 Å². The van der Waals surface area contributed by atoms with Crippen molar-refractivity contribution < 1.29 is 23.9 Å². The Morgan fingerprint density at radius 2 is 1.79 bits per heavy atom. The lowest BCUT2D eigenvalue weighted by atomic mass is 9.89. The standard InChI is InChI=1S/C25H39N3O5/c1-10-15(4)11-17(6)23-18(7)16(5)12-20(29)27-19(8)25(32)28(9)22(14(2)3)24(31)26-13-21(30)33-23/h10-11,14,18-19,22-23H,5,12-13H2,1-4,6-9H3,(H,26,31)(H,27,29)/b15-10+,17-11+/t18-,19+,22+,23?/m1/s1. The number of amides is 3. The molecule has 8 nitrogen and oxygen atoms in total. The van der Waals surface area contributed by atoms with Gasteiger partial charge < -0.3 is 20.3 Å². The minimum absolute atomic E-state index is 0.0166. The molecular formula is C25H39N3O5. The molecule has 33 heavy (non-hydrogen) atoms. The maximum Gasteiger partial charge on any atom is 0.326 e. The average molecular weight is 462 g/mol. The number of ether oxygens (including phenoxy) is 1. The Balaban J connectivity index is 3.36. The summed E-state index contributed by atoms with van der Waals surface area (Å²) < 4.78 is 5.74. The molecule has 8 heteroatoms. The number of allylic oxidation sites excluding steroid dienone is 3. The van der Waals surface area contributed by atoms with Crippen LogP contribution >= 0.6 is 0 Å². The number of carbonyl (C=O) groups excluding carboxylic acids is 4. The normalized spacial score (nSPS) is 27.5. The van der Waals surface area contributed by atoms with Crippen LogP contribution in [-0.2, 0) is 23.9 Å². The molecule has 0 saturated carbocycles. The van der Waals surface area contributed by atoms with Crippen LogP contribution in [0.5, 0.6) is 0 Å². The third kappa shape index (κ3) is 7.87. The Kier molecular flexibility index (Phi) is 10.5. The molecule has 2 N–H and O–H groups in total. The molecule has 1 fully saturated rings. The molecule has 0 aromatic heterocycles. The molecular weight excluding hydrogens is 422 g/mol. The topological polar surface area (TPSA) is 105 Å². The van der Waals surface area contributed by atoms with Crippen molar-refractivity contribution in [3.05, 3.63) is 35.5 Å². The zero-order chi connectivity index (χ0) is 25.5. The van der Waals surface area contributed by atoms with Gasteiger partial charge in [-0.3, -0.25) is 19.2 Å². The Morgan fingerprint density at radius 1 is 1.18 bits per heavy atom. The maximum absolute atomic E-state index is 12.9. The summed E-state index contributed by atoms with van der Waals surface area (Å²) in [6, 6.07) is -1.63. The number of nitrogens with one attached hydrogen (secondary N) is 2. The average Bonchev–Trinajstić information content (AvgIpc) is 2.73. The van der Waals surface area contributed by atoms with Crippen LogP contribution in [0.25, 0.3) is 0 Å². The number of carbonyl (C=O) groups is 4. The van der Waals surface area contributed by atoms with E-state index in [1.54, 1.807) is 6.92 Å². The van der Waals surface area contributed by atoms with Crippen molar-refractivity contribution in [2.24, 2.45) is 11.8 Å². The van der Waals surface area contributed by atoms with Crippen molar-refractivity contribution in [2.45, 2.75) is 73.1 Å². The Hall–Kier alpha value is -2.90. The molecule has 0 aliphatic carbocycles. The Labute approximate surface area is 197 Å². The lowest BCUT2D eigenvalue weighted by Crippen LogP contribution is -2.55. The fourth-order valence-electron chi connectivity index (χ4n) is 3.86. The summed E-state index contributed by atoms with van der Waals surface area (Å²) in [5.41, 5.74) is 2.37. The summed E-state index contributed by atoms with van der Waals surface area (Å²) in [5.74, 6) is -2.40. The smallest absolute Gasteiger partial charge is 0.326 e. The largest absolute Gasteiger partial charge is 0.456 e. The first kappa shape index (κ1) is 28.1. The first-order chi connectivity index (χ1) is 15.3. The van der Waals surface area contributed by atoms with Crippen LogP contribution in [-0.4, -0.2) is 60.4 Å². The summed E-state index contributed by atoms with van der Waals surface area (Å²) in [6.45, 7) is 16.4. The van der Waals surface area contributed by atoms with Gasteiger partial charge >= 0.3 is 5.97 Å². The summed E-state index contributed by atoms with van der Waals surface area (Å²) >= 11 is 0. The van der Waals surface area contributed by atoms with Gasteiger partial charge in [0.05, 0.1) is 0 Å². The van der Waals surface area contributed by atoms with Crippen LogP contribution in [0.4, 0.5) is 0 Å². The second kappa shape index (κ2) is 12.4. The molecule has 1 saturated heterocycles. The number of esters is 1. The van der Waals surface area contributed by atoms with E-state index in [4.69, 9.17) is 4.74 Å². The lowest BCUT2D eigenvalue weighted by molar-refractivity contribution is -0.149. The molecule has 1 unspecified atom stereocenters. The van der Waals surface area contributed by atoms with E-state index in [-0.39, 0.29) is 30.7 Å². The van der Waals surface area contributed by atoms with Crippen LogP contribution in [0, 0.1) is 11.8 Å². The predicted molar refractivity (Wildman–Crippen MR) is 128 cm³/mol. The number of rotatable bonds is 3. The molecule has 3 amide bonds. The van der Waals surface area contributed by atoms with Crippen LogP contribution in [0.3, 0.4) is 0 Å². The number of nitrogens with zero attached hydrogens (tertiary/aromatic N) is 1. The summed E-state index contributed by atoms with van der Waals surface area (Å²) in [6.07, 6.45) is 3.18. The second-order valence-corrected chi connectivity index (χ2v) is 9.10. The van der Waals surface area contributed by atoms with Crippen molar-refractivity contribution in [1.82, 2.24) is 15.5 Å². The molecule has 1 aliphatic heterocycles. The summed E-state index contributed by atoms with van der Waals surface area (Å²) in [5, 5.41) is 5.29. The molecule has 0 aromatic carbocycles. The maximum atomic E-state index is 12.9. The Bertz CT molecular complexity index is 843. The van der Waals surface area contributed by atoms with Gasteiger partial charge in [0.2, 0.25) is 17.7 Å². The minimum atomic E-state index is -0.822. The SMILES string of the molecule is C=C1CC(=O)N[C@@H](C)C(=O)N(C)[C@@H](C(C)C)C(=O)NCC(=O)OC(/C(C)=C/C(C)=C/C)[C@@H]1C. The summed E-state index contributed by atoms with van der Waals surface area (Å²) in [4.78, 5) is 52.3. The van der Waals surface area contributed by atoms with Crippen molar-refractivity contribution in [1.29, 1.82) is 0 Å². The lowest BCUT2D eigenvalue weighted by Gasteiger charge is -2.32.